The summed E-state index contributed by atoms with van der Waals surface area (Å²) in [6, 6.07) is 13.5. The van der Waals surface area contributed by atoms with Crippen molar-refractivity contribution < 1.29 is 19.1 Å². The number of benzene rings is 2. The van der Waals surface area contributed by atoms with Gasteiger partial charge in [-0.3, -0.25) is 19.3 Å². The van der Waals surface area contributed by atoms with Crippen molar-refractivity contribution in [3.8, 4) is 5.75 Å². The van der Waals surface area contributed by atoms with Gasteiger partial charge in [0.15, 0.2) is 5.82 Å². The van der Waals surface area contributed by atoms with Gasteiger partial charge >= 0.3 is 0 Å². The van der Waals surface area contributed by atoms with Crippen LogP contribution in [0.5, 0.6) is 5.75 Å². The van der Waals surface area contributed by atoms with E-state index in [2.05, 4.69) is 25.4 Å². The van der Waals surface area contributed by atoms with Gasteiger partial charge < -0.3 is 30.1 Å². The highest BCUT2D eigenvalue weighted by molar-refractivity contribution is 6.13. The smallest absolute Gasteiger partial charge is 0.260 e. The number of aromatic nitrogens is 2. The summed E-state index contributed by atoms with van der Waals surface area (Å²) < 4.78 is 5.75. The number of rotatable bonds is 13. The van der Waals surface area contributed by atoms with E-state index in [4.69, 9.17) is 9.72 Å². The molecule has 2 aliphatic rings. The highest BCUT2D eigenvalue weighted by atomic mass is 16.5. The molecule has 0 aliphatic carbocycles. The number of hydrogen-bond donors (Lipinski definition) is 2. The molecule has 12 heteroatoms. The number of piperazine rings is 1. The molecule has 1 fully saturated rings. The second-order valence-corrected chi connectivity index (χ2v) is 11.7. The Kier molecular flexibility index (Phi) is 10.7. The third-order valence-corrected chi connectivity index (χ3v) is 8.57. The molecule has 12 nitrogen and oxygen atoms in total. The van der Waals surface area contributed by atoms with E-state index in [-0.39, 0.29) is 17.6 Å². The van der Waals surface area contributed by atoms with Crippen LogP contribution in [0.15, 0.2) is 48.7 Å². The number of carbonyl (C=O) groups is 3. The summed E-state index contributed by atoms with van der Waals surface area (Å²) in [5, 5.41) is 6.18. The average Bonchev–Trinajstić information content (AvgIpc) is 3.16. The molecular weight excluding hydrogens is 584 g/mol. The van der Waals surface area contributed by atoms with Crippen molar-refractivity contribution in [3.63, 3.8) is 0 Å². The molecule has 1 aromatic heterocycles. The molecular formula is C34H44N8O4. The summed E-state index contributed by atoms with van der Waals surface area (Å²) in [5.74, 6) is 1.90. The van der Waals surface area contributed by atoms with Crippen LogP contribution >= 0.6 is 0 Å². The first kappa shape index (κ1) is 32.7. The number of anilines is 6. The fourth-order valence-corrected chi connectivity index (χ4v) is 5.83. The van der Waals surface area contributed by atoms with Crippen LogP contribution in [-0.4, -0.2) is 92.9 Å². The molecule has 5 rings (SSSR count). The second kappa shape index (κ2) is 15.0. The number of para-hydroxylation sites is 1. The molecule has 0 saturated carbocycles. The van der Waals surface area contributed by atoms with Crippen LogP contribution in [0, 0.1) is 0 Å². The van der Waals surface area contributed by atoms with E-state index >= 15 is 0 Å². The van der Waals surface area contributed by atoms with Crippen molar-refractivity contribution in [3.05, 3.63) is 54.2 Å². The van der Waals surface area contributed by atoms with Crippen molar-refractivity contribution in [2.75, 3.05) is 80.5 Å². The van der Waals surface area contributed by atoms with Crippen LogP contribution < -0.4 is 30.1 Å². The summed E-state index contributed by atoms with van der Waals surface area (Å²) in [7, 11) is 5.26. The molecule has 3 heterocycles. The first-order chi connectivity index (χ1) is 22.3. The molecule has 2 aromatic carbocycles. The van der Waals surface area contributed by atoms with Crippen LogP contribution in [0.2, 0.25) is 0 Å². The third kappa shape index (κ3) is 7.56. The molecule has 244 valence electrons. The van der Waals surface area contributed by atoms with E-state index in [9.17, 15) is 14.4 Å². The lowest BCUT2D eigenvalue weighted by molar-refractivity contribution is -0.121. The monoisotopic (exact) mass is 628 g/mol. The number of carbonyl (C=O) groups excluding carboxylic acids is 3. The number of methoxy groups -OCH3 is 1. The van der Waals surface area contributed by atoms with Crippen LogP contribution in [0.25, 0.3) is 0 Å². The third-order valence-electron chi connectivity index (χ3n) is 8.57. The van der Waals surface area contributed by atoms with Crippen molar-refractivity contribution in [1.82, 2.24) is 20.2 Å². The van der Waals surface area contributed by atoms with Crippen molar-refractivity contribution >= 4 is 52.1 Å². The summed E-state index contributed by atoms with van der Waals surface area (Å²) >= 11 is 0. The fourth-order valence-electron chi connectivity index (χ4n) is 5.83. The van der Waals surface area contributed by atoms with Gasteiger partial charge in [-0.2, -0.15) is 4.98 Å². The van der Waals surface area contributed by atoms with Crippen LogP contribution in [-0.2, 0) is 9.59 Å². The Morgan fingerprint density at radius 3 is 2.50 bits per heavy atom. The van der Waals surface area contributed by atoms with E-state index in [0.29, 0.717) is 54.7 Å². The van der Waals surface area contributed by atoms with Gasteiger partial charge in [0.05, 0.1) is 36.8 Å². The Morgan fingerprint density at radius 1 is 0.957 bits per heavy atom. The minimum atomic E-state index is -0.114. The van der Waals surface area contributed by atoms with E-state index in [0.717, 1.165) is 62.5 Å². The summed E-state index contributed by atoms with van der Waals surface area (Å²) in [6.45, 7) is 6.26. The van der Waals surface area contributed by atoms with Gasteiger partial charge in [0.2, 0.25) is 11.9 Å². The summed E-state index contributed by atoms with van der Waals surface area (Å²) in [5.41, 5.74) is 3.77. The Labute approximate surface area is 270 Å². The number of Topliss-reactive ketones (excluding diaryl/α,β-unsaturated/α-hetero) is 1. The maximum atomic E-state index is 13.1. The zero-order valence-electron chi connectivity index (χ0n) is 27.2. The van der Waals surface area contributed by atoms with E-state index in [1.54, 1.807) is 25.3 Å². The Morgan fingerprint density at radius 2 is 1.74 bits per heavy atom. The predicted octanol–water partition coefficient (Wildman–Crippen LogP) is 4.36. The van der Waals surface area contributed by atoms with Crippen molar-refractivity contribution in [1.29, 1.82) is 0 Å². The molecule has 2 amide bonds. The first-order valence-corrected chi connectivity index (χ1v) is 16.0. The Bertz CT molecular complexity index is 1560. The quantitative estimate of drug-likeness (QED) is 0.264. The zero-order valence-corrected chi connectivity index (χ0v) is 27.2. The van der Waals surface area contributed by atoms with E-state index in [1.165, 1.54) is 0 Å². The first-order valence-electron chi connectivity index (χ1n) is 16.0. The summed E-state index contributed by atoms with van der Waals surface area (Å²) in [6.07, 6.45) is 5.45. The number of hydrogen-bond acceptors (Lipinski definition) is 10. The maximum Gasteiger partial charge on any atom is 0.260 e. The lowest BCUT2D eigenvalue weighted by atomic mass is 10.1. The maximum absolute atomic E-state index is 13.1. The van der Waals surface area contributed by atoms with Gasteiger partial charge in [-0.1, -0.05) is 25.5 Å². The van der Waals surface area contributed by atoms with Crippen LogP contribution in [0.4, 0.5) is 34.5 Å². The molecule has 0 unspecified atom stereocenters. The highest BCUT2D eigenvalue weighted by Gasteiger charge is 2.29. The molecule has 0 bridgehead atoms. The number of nitrogens with zero attached hydrogens (tertiary/aromatic N) is 6. The molecule has 2 aliphatic heterocycles. The number of ether oxygens (including phenoxy) is 1. The standard InChI is InChI=1S/C34H44N8O4/c1-5-31(44)35-16-10-6-7-11-25(43)23-41-17-19-42(20-18-41)24-14-15-27(30(21-24)46-4)37-34-36-22-29-32(38-34)39(2)28-13-9-8-12-26(28)33(45)40(29)3/h8-9,12-15,21-22H,5-7,10-11,16-20,23H2,1-4H3,(H,35,44)(H,36,37,38). The molecule has 0 radical (unpaired) electrons. The van der Waals surface area contributed by atoms with Crippen LogP contribution in [0.1, 0.15) is 49.4 Å². The van der Waals surface area contributed by atoms with Crippen molar-refractivity contribution in [2.24, 2.45) is 0 Å². The van der Waals surface area contributed by atoms with Gasteiger partial charge in [-0.05, 0) is 37.1 Å². The largest absolute Gasteiger partial charge is 0.494 e. The average molecular weight is 629 g/mol. The molecule has 0 atom stereocenters. The number of fused-ring (bicyclic) bond motifs is 2. The minimum absolute atomic E-state index is 0.0744. The van der Waals surface area contributed by atoms with Gasteiger partial charge in [0, 0.05) is 71.4 Å². The minimum Gasteiger partial charge on any atom is -0.494 e. The SMILES string of the molecule is CCC(=O)NCCCCCC(=O)CN1CCN(c2ccc(Nc3ncc4c(n3)N(C)c3ccccc3C(=O)N4C)c(OC)c2)CC1. The number of ketones is 1. The summed E-state index contributed by atoms with van der Waals surface area (Å²) in [4.78, 5) is 54.3. The van der Waals surface area contributed by atoms with Crippen molar-refractivity contribution in [2.45, 2.75) is 39.0 Å². The lowest BCUT2D eigenvalue weighted by Gasteiger charge is -2.36. The number of nitrogens with one attached hydrogen (secondary N) is 2. The predicted molar refractivity (Wildman–Crippen MR) is 181 cm³/mol. The lowest BCUT2D eigenvalue weighted by Crippen LogP contribution is -2.48. The van der Waals surface area contributed by atoms with E-state index < -0.39 is 0 Å². The second-order valence-electron chi connectivity index (χ2n) is 11.7. The normalized spacial score (nSPS) is 14.8. The highest BCUT2D eigenvalue weighted by Crippen LogP contribution is 2.39. The van der Waals surface area contributed by atoms with Gasteiger partial charge in [-0.15, -0.1) is 0 Å². The number of amides is 2. The van der Waals surface area contributed by atoms with Gasteiger partial charge in [0.25, 0.3) is 5.91 Å². The molecule has 46 heavy (non-hydrogen) atoms. The molecule has 2 N–H and O–H groups in total. The molecule has 3 aromatic rings. The fraction of sp³-hybridized carbons (Fsp3) is 0.441. The Hall–Kier alpha value is -4.71. The zero-order chi connectivity index (χ0) is 32.6. The van der Waals surface area contributed by atoms with E-state index in [1.807, 2.05) is 61.3 Å². The molecule has 0 spiro atoms. The van der Waals surface area contributed by atoms with Gasteiger partial charge in [-0.25, -0.2) is 4.98 Å². The van der Waals surface area contributed by atoms with Gasteiger partial charge in [0.1, 0.15) is 17.2 Å². The Balaban J connectivity index is 1.16. The topological polar surface area (TPSA) is 123 Å². The molecule has 1 saturated heterocycles. The van der Waals surface area contributed by atoms with Crippen LogP contribution in [0.3, 0.4) is 0 Å². The number of unbranched alkanes of at least 4 members (excludes halogenated alkanes) is 2.